The molecule has 1 fully saturated rings. The first kappa shape index (κ1) is 14.3. The molecule has 19 heavy (non-hydrogen) atoms. The van der Waals surface area contributed by atoms with Gasteiger partial charge in [-0.15, -0.1) is 0 Å². The Balaban J connectivity index is 2.00. The fourth-order valence-corrected chi connectivity index (χ4v) is 2.51. The molecular weight excluding hydrogens is 260 g/mol. The first-order chi connectivity index (χ1) is 9.08. The van der Waals surface area contributed by atoms with Crippen molar-refractivity contribution >= 4 is 17.5 Å². The minimum absolute atomic E-state index is 0.0465. The number of carbonyl (C=O) groups is 1. The van der Waals surface area contributed by atoms with Gasteiger partial charge >= 0.3 is 0 Å². The summed E-state index contributed by atoms with van der Waals surface area (Å²) in [5.41, 5.74) is 1.50. The van der Waals surface area contributed by atoms with Gasteiger partial charge in [0.1, 0.15) is 5.15 Å². The van der Waals surface area contributed by atoms with Gasteiger partial charge < -0.3 is 5.32 Å². The minimum Gasteiger partial charge on any atom is -0.350 e. The minimum atomic E-state index is -0.0465. The Kier molecular flexibility index (Phi) is 4.81. The normalized spacial score (nSPS) is 16.2. The molecule has 1 atom stereocenters. The monoisotopic (exact) mass is 280 g/mol. The van der Waals surface area contributed by atoms with E-state index in [9.17, 15) is 4.79 Å². The summed E-state index contributed by atoms with van der Waals surface area (Å²) in [5.74, 6) is 0.766. The van der Waals surface area contributed by atoms with Crippen LogP contribution in [0.4, 0.5) is 0 Å². The maximum Gasteiger partial charge on any atom is 0.251 e. The summed E-state index contributed by atoms with van der Waals surface area (Å²) in [6, 6.07) is 3.70. The van der Waals surface area contributed by atoms with Crippen LogP contribution in [-0.2, 0) is 6.42 Å². The van der Waals surface area contributed by atoms with Crippen molar-refractivity contribution in [3.63, 3.8) is 0 Å². The quantitative estimate of drug-likeness (QED) is 0.809. The summed E-state index contributed by atoms with van der Waals surface area (Å²) in [4.78, 5) is 16.4. The van der Waals surface area contributed by atoms with Crippen molar-refractivity contribution < 1.29 is 4.79 Å². The molecule has 1 aromatic rings. The van der Waals surface area contributed by atoms with E-state index in [1.54, 1.807) is 6.07 Å². The topological polar surface area (TPSA) is 42.0 Å². The van der Waals surface area contributed by atoms with Crippen molar-refractivity contribution in [2.45, 2.75) is 52.0 Å². The molecule has 1 aromatic heterocycles. The Labute approximate surface area is 119 Å². The molecule has 0 radical (unpaired) electrons. The van der Waals surface area contributed by atoms with Gasteiger partial charge in [-0.2, -0.15) is 0 Å². The van der Waals surface area contributed by atoms with E-state index in [4.69, 9.17) is 11.6 Å². The summed E-state index contributed by atoms with van der Waals surface area (Å²) >= 11 is 5.97. The van der Waals surface area contributed by atoms with Gasteiger partial charge in [-0.1, -0.05) is 37.8 Å². The Morgan fingerprint density at radius 1 is 1.53 bits per heavy atom. The first-order valence-electron chi connectivity index (χ1n) is 7.05. The average molecular weight is 281 g/mol. The number of nitrogens with one attached hydrogen (secondary N) is 1. The van der Waals surface area contributed by atoms with Gasteiger partial charge in [0.15, 0.2) is 0 Å². The van der Waals surface area contributed by atoms with E-state index in [0.29, 0.717) is 10.7 Å². The number of hydrogen-bond donors (Lipinski definition) is 1. The molecular formula is C15H21ClN2O. The lowest BCUT2D eigenvalue weighted by Gasteiger charge is -2.14. The Bertz CT molecular complexity index is 457. The molecule has 0 aliphatic heterocycles. The lowest BCUT2D eigenvalue weighted by atomic mass is 10.1. The summed E-state index contributed by atoms with van der Waals surface area (Å²) < 4.78 is 0. The van der Waals surface area contributed by atoms with Crippen LogP contribution in [0.3, 0.4) is 0 Å². The number of pyridine rings is 1. The number of carbonyl (C=O) groups excluding carboxylic acids is 1. The number of hydrogen-bond acceptors (Lipinski definition) is 2. The Hall–Kier alpha value is -1.09. The maximum atomic E-state index is 12.2. The van der Waals surface area contributed by atoms with Crippen molar-refractivity contribution in [2.75, 3.05) is 0 Å². The summed E-state index contributed by atoms with van der Waals surface area (Å²) in [6.45, 7) is 4.14. The maximum absolute atomic E-state index is 12.2. The second kappa shape index (κ2) is 6.38. The van der Waals surface area contributed by atoms with Crippen LogP contribution in [-0.4, -0.2) is 16.9 Å². The van der Waals surface area contributed by atoms with Crippen LogP contribution >= 0.6 is 11.6 Å². The van der Waals surface area contributed by atoms with E-state index in [1.807, 2.05) is 6.07 Å². The lowest BCUT2D eigenvalue weighted by Crippen LogP contribution is -2.33. The lowest BCUT2D eigenvalue weighted by molar-refractivity contribution is 0.0937. The Morgan fingerprint density at radius 2 is 2.26 bits per heavy atom. The van der Waals surface area contributed by atoms with Crippen LogP contribution < -0.4 is 5.32 Å². The molecule has 104 valence electrons. The molecule has 1 aliphatic rings. The van der Waals surface area contributed by atoms with E-state index < -0.39 is 0 Å². The van der Waals surface area contributed by atoms with Crippen molar-refractivity contribution in [1.29, 1.82) is 0 Å². The highest BCUT2D eigenvalue weighted by Gasteiger charge is 2.24. The number of aryl methyl sites for hydroxylation is 1. The second-order valence-electron chi connectivity index (χ2n) is 5.47. The van der Waals surface area contributed by atoms with Crippen LogP contribution in [0.5, 0.6) is 0 Å². The highest BCUT2D eigenvalue weighted by atomic mass is 35.5. The van der Waals surface area contributed by atoms with Crippen LogP contribution in [0.15, 0.2) is 12.1 Å². The fourth-order valence-electron chi connectivity index (χ4n) is 2.29. The summed E-state index contributed by atoms with van der Waals surface area (Å²) in [7, 11) is 0. The molecule has 1 aliphatic carbocycles. The summed E-state index contributed by atoms with van der Waals surface area (Å²) in [6.07, 6.45) is 5.53. The molecule has 2 rings (SSSR count). The van der Waals surface area contributed by atoms with E-state index in [1.165, 1.54) is 12.8 Å². The molecule has 0 bridgehead atoms. The summed E-state index contributed by atoms with van der Waals surface area (Å²) in [5, 5.41) is 3.43. The SMILES string of the molecule is CCCc1cc(C(=O)NC(C)CC2CC2)cc(Cl)n1. The third-order valence-corrected chi connectivity index (χ3v) is 3.57. The molecule has 1 N–H and O–H groups in total. The average Bonchev–Trinajstić information content (AvgIpc) is 3.12. The zero-order valence-corrected chi connectivity index (χ0v) is 12.3. The van der Waals surface area contributed by atoms with Crippen molar-refractivity contribution in [3.05, 3.63) is 28.5 Å². The van der Waals surface area contributed by atoms with Gasteiger partial charge in [0.05, 0.1) is 0 Å². The number of rotatable bonds is 6. The molecule has 0 aromatic carbocycles. The van der Waals surface area contributed by atoms with Crippen LogP contribution in [0.1, 0.15) is 55.6 Å². The molecule has 1 unspecified atom stereocenters. The molecule has 0 spiro atoms. The highest BCUT2D eigenvalue weighted by molar-refractivity contribution is 6.29. The molecule has 1 amide bonds. The van der Waals surface area contributed by atoms with Crippen LogP contribution in [0, 0.1) is 5.92 Å². The molecule has 4 heteroatoms. The van der Waals surface area contributed by atoms with Crippen LogP contribution in [0.25, 0.3) is 0 Å². The van der Waals surface area contributed by atoms with E-state index in [0.717, 1.165) is 30.9 Å². The third-order valence-electron chi connectivity index (χ3n) is 3.38. The number of aromatic nitrogens is 1. The largest absolute Gasteiger partial charge is 0.350 e. The standard InChI is InChI=1S/C15H21ClN2O/c1-3-4-13-8-12(9-14(16)18-13)15(19)17-10(2)7-11-5-6-11/h8-11H,3-7H2,1-2H3,(H,17,19). The van der Waals surface area contributed by atoms with Crippen molar-refractivity contribution in [2.24, 2.45) is 5.92 Å². The fraction of sp³-hybridized carbons (Fsp3) is 0.600. The van der Waals surface area contributed by atoms with Crippen LogP contribution in [0.2, 0.25) is 5.15 Å². The van der Waals surface area contributed by atoms with E-state index in [2.05, 4.69) is 24.1 Å². The molecule has 1 heterocycles. The number of nitrogens with zero attached hydrogens (tertiary/aromatic N) is 1. The Morgan fingerprint density at radius 3 is 2.89 bits per heavy atom. The van der Waals surface area contributed by atoms with Gasteiger partial charge in [0.25, 0.3) is 5.91 Å². The molecule has 3 nitrogen and oxygen atoms in total. The zero-order valence-electron chi connectivity index (χ0n) is 11.6. The van der Waals surface area contributed by atoms with Gasteiger partial charge in [0.2, 0.25) is 0 Å². The van der Waals surface area contributed by atoms with Crippen molar-refractivity contribution in [1.82, 2.24) is 10.3 Å². The molecule has 1 saturated carbocycles. The smallest absolute Gasteiger partial charge is 0.251 e. The second-order valence-corrected chi connectivity index (χ2v) is 5.86. The van der Waals surface area contributed by atoms with E-state index >= 15 is 0 Å². The first-order valence-corrected chi connectivity index (χ1v) is 7.43. The highest BCUT2D eigenvalue weighted by Crippen LogP contribution is 2.33. The van der Waals surface area contributed by atoms with Gasteiger partial charge in [0, 0.05) is 17.3 Å². The predicted octanol–water partition coefficient (Wildman–Crippen LogP) is 3.61. The van der Waals surface area contributed by atoms with Crippen molar-refractivity contribution in [3.8, 4) is 0 Å². The zero-order chi connectivity index (χ0) is 13.8. The molecule has 0 saturated heterocycles. The van der Waals surface area contributed by atoms with Gasteiger partial charge in [-0.25, -0.2) is 4.98 Å². The number of halogens is 1. The van der Waals surface area contributed by atoms with Gasteiger partial charge in [-0.3, -0.25) is 4.79 Å². The van der Waals surface area contributed by atoms with E-state index in [-0.39, 0.29) is 11.9 Å². The number of amides is 1. The third kappa shape index (κ3) is 4.50. The predicted molar refractivity (Wildman–Crippen MR) is 77.5 cm³/mol. The van der Waals surface area contributed by atoms with Gasteiger partial charge in [-0.05, 0) is 37.8 Å².